The molecule has 3 aromatic rings. The van der Waals surface area contributed by atoms with Crippen molar-refractivity contribution in [3.05, 3.63) is 65.4 Å². The monoisotopic (exact) mass is 303 g/mol. The summed E-state index contributed by atoms with van der Waals surface area (Å²) in [6.45, 7) is 0. The van der Waals surface area contributed by atoms with Crippen LogP contribution in [0.15, 0.2) is 64.4 Å². The minimum atomic E-state index is -0.454. The lowest BCUT2D eigenvalue weighted by atomic mass is 10.1. The van der Waals surface area contributed by atoms with Gasteiger partial charge in [0.05, 0.1) is 5.02 Å². The van der Waals surface area contributed by atoms with Gasteiger partial charge in [-0.05, 0) is 35.0 Å². The summed E-state index contributed by atoms with van der Waals surface area (Å²) in [4.78, 5) is 1.68. The van der Waals surface area contributed by atoms with E-state index in [4.69, 9.17) is 17.3 Å². The van der Waals surface area contributed by atoms with Crippen LogP contribution < -0.4 is 5.73 Å². The van der Waals surface area contributed by atoms with Crippen LogP contribution >= 0.6 is 23.4 Å². The Bertz CT molecular complexity index is 789. The summed E-state index contributed by atoms with van der Waals surface area (Å²) in [5, 5.41) is 2.36. The van der Waals surface area contributed by atoms with Crippen molar-refractivity contribution < 1.29 is 4.39 Å². The second-order valence-corrected chi connectivity index (χ2v) is 5.94. The summed E-state index contributed by atoms with van der Waals surface area (Å²) in [5.41, 5.74) is 6.36. The fourth-order valence-electron chi connectivity index (χ4n) is 1.99. The number of nitrogen functional groups attached to an aromatic ring is 1. The molecule has 100 valence electrons. The van der Waals surface area contributed by atoms with Gasteiger partial charge in [0.15, 0.2) is 0 Å². The van der Waals surface area contributed by atoms with Gasteiger partial charge in [0.1, 0.15) is 5.82 Å². The van der Waals surface area contributed by atoms with Crippen molar-refractivity contribution in [3.8, 4) is 0 Å². The molecule has 0 aliphatic carbocycles. The molecule has 0 fully saturated rings. The maximum atomic E-state index is 13.5. The normalized spacial score (nSPS) is 10.9. The van der Waals surface area contributed by atoms with Gasteiger partial charge < -0.3 is 5.73 Å². The molecule has 0 aromatic heterocycles. The maximum absolute atomic E-state index is 13.5. The first-order valence-electron chi connectivity index (χ1n) is 6.04. The van der Waals surface area contributed by atoms with Crippen LogP contribution in [0.4, 0.5) is 10.1 Å². The molecule has 4 heteroatoms. The molecule has 0 unspecified atom stereocenters. The number of halogens is 2. The molecule has 3 rings (SSSR count). The van der Waals surface area contributed by atoms with Gasteiger partial charge in [-0.3, -0.25) is 0 Å². The van der Waals surface area contributed by atoms with E-state index in [-0.39, 0.29) is 5.02 Å². The largest absolute Gasteiger partial charge is 0.398 e. The Morgan fingerprint density at radius 3 is 2.50 bits per heavy atom. The molecular weight excluding hydrogens is 293 g/mol. The fraction of sp³-hybridized carbons (Fsp3) is 0. The minimum Gasteiger partial charge on any atom is -0.398 e. The number of fused-ring (bicyclic) bond motifs is 1. The summed E-state index contributed by atoms with van der Waals surface area (Å²) in [6.07, 6.45) is 0. The van der Waals surface area contributed by atoms with Crippen molar-refractivity contribution in [2.45, 2.75) is 9.79 Å². The lowest BCUT2D eigenvalue weighted by molar-refractivity contribution is 0.625. The number of rotatable bonds is 2. The zero-order chi connectivity index (χ0) is 14.1. The summed E-state index contributed by atoms with van der Waals surface area (Å²) in [5.74, 6) is -0.454. The third-order valence-electron chi connectivity index (χ3n) is 3.00. The molecule has 0 atom stereocenters. The van der Waals surface area contributed by atoms with Crippen LogP contribution in [0.1, 0.15) is 0 Å². The number of hydrogen-bond acceptors (Lipinski definition) is 2. The van der Waals surface area contributed by atoms with Crippen molar-refractivity contribution in [1.29, 1.82) is 0 Å². The molecule has 0 spiro atoms. The van der Waals surface area contributed by atoms with Crippen molar-refractivity contribution in [3.63, 3.8) is 0 Å². The summed E-state index contributed by atoms with van der Waals surface area (Å²) >= 11 is 7.13. The molecule has 0 aliphatic rings. The van der Waals surface area contributed by atoms with Gasteiger partial charge in [-0.2, -0.15) is 0 Å². The van der Waals surface area contributed by atoms with Crippen LogP contribution in [0.25, 0.3) is 10.8 Å². The van der Waals surface area contributed by atoms with Crippen molar-refractivity contribution in [2.24, 2.45) is 0 Å². The quantitative estimate of drug-likeness (QED) is 0.644. The van der Waals surface area contributed by atoms with Gasteiger partial charge in [0.25, 0.3) is 0 Å². The van der Waals surface area contributed by atoms with E-state index in [9.17, 15) is 4.39 Å². The van der Waals surface area contributed by atoms with E-state index in [1.54, 1.807) is 0 Å². The molecule has 3 aromatic carbocycles. The third-order valence-corrected chi connectivity index (χ3v) is 4.35. The van der Waals surface area contributed by atoms with Crippen LogP contribution in [0.5, 0.6) is 0 Å². The predicted octanol–water partition coefficient (Wildman–Crippen LogP) is 5.37. The van der Waals surface area contributed by atoms with Gasteiger partial charge in [0.2, 0.25) is 0 Å². The third kappa shape index (κ3) is 2.60. The van der Waals surface area contributed by atoms with Crippen molar-refractivity contribution in [2.75, 3.05) is 5.73 Å². The molecule has 0 bridgehead atoms. The summed E-state index contributed by atoms with van der Waals surface area (Å²) < 4.78 is 13.5. The molecule has 0 saturated heterocycles. The molecular formula is C16H11ClFNS. The topological polar surface area (TPSA) is 26.0 Å². The highest BCUT2D eigenvalue weighted by molar-refractivity contribution is 7.99. The Morgan fingerprint density at radius 2 is 1.70 bits per heavy atom. The van der Waals surface area contributed by atoms with Gasteiger partial charge in [-0.1, -0.05) is 53.7 Å². The van der Waals surface area contributed by atoms with E-state index in [1.165, 1.54) is 29.3 Å². The Balaban J connectivity index is 1.99. The zero-order valence-corrected chi connectivity index (χ0v) is 12.0. The van der Waals surface area contributed by atoms with Crippen LogP contribution in [-0.4, -0.2) is 0 Å². The van der Waals surface area contributed by atoms with Gasteiger partial charge in [-0.25, -0.2) is 4.39 Å². The first kappa shape index (κ1) is 13.3. The molecule has 0 amide bonds. The van der Waals surface area contributed by atoms with E-state index in [0.717, 1.165) is 10.3 Å². The lowest BCUT2D eigenvalue weighted by Gasteiger charge is -2.07. The first-order valence-corrected chi connectivity index (χ1v) is 7.24. The van der Waals surface area contributed by atoms with E-state index >= 15 is 0 Å². The zero-order valence-electron chi connectivity index (χ0n) is 10.4. The molecule has 1 nitrogen and oxygen atoms in total. The highest BCUT2D eigenvalue weighted by Gasteiger charge is 2.08. The van der Waals surface area contributed by atoms with Gasteiger partial charge >= 0.3 is 0 Å². The Labute approximate surface area is 125 Å². The molecule has 0 saturated carbocycles. The summed E-state index contributed by atoms with van der Waals surface area (Å²) in [7, 11) is 0. The Morgan fingerprint density at radius 1 is 0.950 bits per heavy atom. The number of benzene rings is 3. The van der Waals surface area contributed by atoms with Crippen molar-refractivity contribution >= 4 is 39.8 Å². The van der Waals surface area contributed by atoms with E-state index < -0.39 is 5.82 Å². The van der Waals surface area contributed by atoms with Crippen LogP contribution in [-0.2, 0) is 0 Å². The van der Waals surface area contributed by atoms with Gasteiger partial charge in [0, 0.05) is 15.5 Å². The molecule has 20 heavy (non-hydrogen) atoms. The summed E-state index contributed by atoms with van der Waals surface area (Å²) in [6, 6.07) is 17.0. The standard InChI is InChI=1S/C16H11ClFNS/c17-13-8-15(19)16(9-14(13)18)20-12-6-5-10-3-1-2-4-11(10)7-12/h1-9H,19H2. The fourth-order valence-corrected chi connectivity index (χ4v) is 3.08. The van der Waals surface area contributed by atoms with Crippen LogP contribution in [0, 0.1) is 5.82 Å². The van der Waals surface area contributed by atoms with Crippen molar-refractivity contribution in [1.82, 2.24) is 0 Å². The SMILES string of the molecule is Nc1cc(Cl)c(F)cc1Sc1ccc2ccccc2c1. The second-order valence-electron chi connectivity index (χ2n) is 4.42. The number of anilines is 1. The Hall–Kier alpha value is -1.71. The van der Waals surface area contributed by atoms with Crippen LogP contribution in [0.3, 0.4) is 0 Å². The molecule has 0 radical (unpaired) electrons. The highest BCUT2D eigenvalue weighted by atomic mass is 35.5. The maximum Gasteiger partial charge on any atom is 0.143 e. The first-order chi connectivity index (χ1) is 9.63. The Kier molecular flexibility index (Phi) is 3.55. The van der Waals surface area contributed by atoms with Crippen LogP contribution in [0.2, 0.25) is 5.02 Å². The smallest absolute Gasteiger partial charge is 0.143 e. The van der Waals surface area contributed by atoms with E-state index in [0.29, 0.717) is 10.6 Å². The molecule has 2 N–H and O–H groups in total. The lowest BCUT2D eigenvalue weighted by Crippen LogP contribution is -1.90. The molecule has 0 heterocycles. The number of hydrogen-bond donors (Lipinski definition) is 1. The second kappa shape index (κ2) is 5.35. The van der Waals surface area contributed by atoms with Gasteiger partial charge in [-0.15, -0.1) is 0 Å². The van der Waals surface area contributed by atoms with E-state index in [2.05, 4.69) is 12.1 Å². The highest BCUT2D eigenvalue weighted by Crippen LogP contribution is 2.36. The average molecular weight is 304 g/mol. The molecule has 0 aliphatic heterocycles. The number of nitrogens with two attached hydrogens (primary N) is 1. The average Bonchev–Trinajstić information content (AvgIpc) is 2.44. The predicted molar refractivity (Wildman–Crippen MR) is 83.9 cm³/mol. The van der Waals surface area contributed by atoms with E-state index in [1.807, 2.05) is 30.3 Å². The minimum absolute atomic E-state index is 0.0466.